The van der Waals surface area contributed by atoms with E-state index in [2.05, 4.69) is 0 Å². The van der Waals surface area contributed by atoms with Crippen molar-refractivity contribution in [1.29, 1.82) is 0 Å². The van der Waals surface area contributed by atoms with Gasteiger partial charge >= 0.3 is 0 Å². The highest BCUT2D eigenvalue weighted by Gasteiger charge is 2.31. The van der Waals surface area contributed by atoms with Crippen LogP contribution in [0.4, 0.5) is 10.1 Å². The molecule has 0 aliphatic carbocycles. The van der Waals surface area contributed by atoms with E-state index in [0.29, 0.717) is 12.1 Å². The molecule has 0 fully saturated rings. The number of hydrogen-bond donors (Lipinski definition) is 0. The largest absolute Gasteiger partial charge is 0.304 e. The number of nitrogens with zero attached hydrogens (tertiary/aromatic N) is 1. The van der Waals surface area contributed by atoms with E-state index >= 15 is 0 Å². The molecule has 136 valence electrons. The van der Waals surface area contributed by atoms with Crippen LogP contribution >= 0.6 is 0 Å². The fourth-order valence-corrected chi connectivity index (χ4v) is 4.32. The van der Waals surface area contributed by atoms with Crippen molar-refractivity contribution < 1.29 is 17.6 Å². The predicted octanol–water partition coefficient (Wildman–Crippen LogP) is 3.49. The number of amides is 1. The maximum atomic E-state index is 13.2. The lowest BCUT2D eigenvalue weighted by atomic mass is 10.1. The topological polar surface area (TPSA) is 54.5 Å². The lowest BCUT2D eigenvalue weighted by Gasteiger charge is -2.28. The number of halogens is 1. The van der Waals surface area contributed by atoms with Gasteiger partial charge in [-0.15, -0.1) is 0 Å². The molecule has 26 heavy (non-hydrogen) atoms. The zero-order chi connectivity index (χ0) is 18.6. The van der Waals surface area contributed by atoms with E-state index in [1.165, 1.54) is 35.2 Å². The van der Waals surface area contributed by atoms with Gasteiger partial charge < -0.3 is 4.90 Å². The molecule has 1 amide bonds. The molecule has 3 rings (SSSR count). The highest BCUT2D eigenvalue weighted by molar-refractivity contribution is 7.94. The van der Waals surface area contributed by atoms with Gasteiger partial charge in [0.25, 0.3) is 0 Å². The molecule has 2 aromatic rings. The zero-order valence-electron chi connectivity index (χ0n) is 14.2. The molecule has 0 saturated carbocycles. The van der Waals surface area contributed by atoms with E-state index in [1.807, 2.05) is 30.3 Å². The van der Waals surface area contributed by atoms with E-state index in [-0.39, 0.29) is 18.1 Å². The van der Waals surface area contributed by atoms with E-state index in [9.17, 15) is 17.6 Å². The normalized spacial score (nSPS) is 18.0. The van der Waals surface area contributed by atoms with Gasteiger partial charge in [0.15, 0.2) is 9.84 Å². The molecule has 0 saturated heterocycles. The summed E-state index contributed by atoms with van der Waals surface area (Å²) in [4.78, 5) is 14.3. The molecule has 0 bridgehead atoms. The molecule has 1 heterocycles. The maximum absolute atomic E-state index is 13.2. The van der Waals surface area contributed by atoms with Crippen molar-refractivity contribution in [1.82, 2.24) is 0 Å². The summed E-state index contributed by atoms with van der Waals surface area (Å²) in [5.41, 5.74) is 1.65. The van der Waals surface area contributed by atoms with Crippen LogP contribution in [0.3, 0.4) is 0 Å². The molecule has 6 heteroatoms. The highest BCUT2D eigenvalue weighted by Crippen LogP contribution is 2.24. The fraction of sp³-hybridized carbons (Fsp3) is 0.250. The Hall–Kier alpha value is -2.47. The van der Waals surface area contributed by atoms with Gasteiger partial charge in [-0.25, -0.2) is 12.8 Å². The standard InChI is InChI=1S/C20H20FNO3S/c21-17-9-11-18(12-10-17)22(19-13-14-26(24,25)15-19)20(23)8-4-7-16-5-2-1-3-6-16/h1-3,5-6,9-14,19H,4,7-8,15H2/t19-/m0/s1. The minimum atomic E-state index is -3.30. The van der Waals surface area contributed by atoms with Crippen molar-refractivity contribution in [3.05, 3.63) is 77.5 Å². The quantitative estimate of drug-likeness (QED) is 0.779. The summed E-state index contributed by atoms with van der Waals surface area (Å²) in [7, 11) is -3.30. The molecular weight excluding hydrogens is 353 g/mol. The molecule has 0 spiro atoms. The SMILES string of the molecule is O=C(CCCc1ccccc1)N(c1ccc(F)cc1)[C@H]1C=CS(=O)(=O)C1. The van der Waals surface area contributed by atoms with Gasteiger partial charge in [-0.2, -0.15) is 0 Å². The molecule has 4 nitrogen and oxygen atoms in total. The molecule has 1 aliphatic heterocycles. The number of carbonyl (C=O) groups is 1. The second-order valence-corrected chi connectivity index (χ2v) is 8.24. The summed E-state index contributed by atoms with van der Waals surface area (Å²) in [6.45, 7) is 0. The first-order valence-corrected chi connectivity index (χ1v) is 10.2. The summed E-state index contributed by atoms with van der Waals surface area (Å²) in [6.07, 6.45) is 3.23. The van der Waals surface area contributed by atoms with Crippen molar-refractivity contribution in [2.24, 2.45) is 0 Å². The van der Waals surface area contributed by atoms with E-state index in [0.717, 1.165) is 17.4 Å². The van der Waals surface area contributed by atoms with Gasteiger partial charge in [0.1, 0.15) is 5.82 Å². The number of hydrogen-bond acceptors (Lipinski definition) is 3. The summed E-state index contributed by atoms with van der Waals surface area (Å²) < 4.78 is 36.8. The van der Waals surface area contributed by atoms with Crippen LogP contribution < -0.4 is 4.90 Å². The van der Waals surface area contributed by atoms with Gasteiger partial charge in [0.2, 0.25) is 5.91 Å². The molecule has 0 aromatic heterocycles. The van der Waals surface area contributed by atoms with Crippen LogP contribution in [0.2, 0.25) is 0 Å². The van der Waals surface area contributed by atoms with Gasteiger partial charge in [-0.1, -0.05) is 30.3 Å². The Morgan fingerprint density at radius 2 is 1.77 bits per heavy atom. The number of rotatable bonds is 6. The van der Waals surface area contributed by atoms with E-state index in [1.54, 1.807) is 0 Å². The Balaban J connectivity index is 1.73. The Morgan fingerprint density at radius 3 is 2.38 bits per heavy atom. The highest BCUT2D eigenvalue weighted by atomic mass is 32.2. The number of benzene rings is 2. The average molecular weight is 373 g/mol. The molecule has 2 aromatic carbocycles. The van der Waals surface area contributed by atoms with Crippen LogP contribution in [0, 0.1) is 5.82 Å². The third kappa shape index (κ3) is 4.58. The van der Waals surface area contributed by atoms with Gasteiger partial charge in [0, 0.05) is 17.5 Å². The number of carbonyl (C=O) groups excluding carboxylic acids is 1. The van der Waals surface area contributed by atoms with Crippen molar-refractivity contribution >= 4 is 21.4 Å². The van der Waals surface area contributed by atoms with Crippen LogP contribution in [0.15, 0.2) is 66.1 Å². The Bertz CT molecular complexity index is 892. The van der Waals surface area contributed by atoms with Crippen LogP contribution in [0.1, 0.15) is 18.4 Å². The number of anilines is 1. The fourth-order valence-electron chi connectivity index (χ4n) is 3.05. The average Bonchev–Trinajstić information content (AvgIpc) is 2.97. The van der Waals surface area contributed by atoms with Gasteiger partial charge in [-0.05, 0) is 48.7 Å². The van der Waals surface area contributed by atoms with E-state index < -0.39 is 21.7 Å². The predicted molar refractivity (Wildman–Crippen MR) is 100.0 cm³/mol. The maximum Gasteiger partial charge on any atom is 0.227 e. The second kappa shape index (κ2) is 7.83. The summed E-state index contributed by atoms with van der Waals surface area (Å²) in [6, 6.07) is 14.9. The third-order valence-electron chi connectivity index (χ3n) is 4.32. The number of aryl methyl sites for hydroxylation is 1. The molecule has 0 radical (unpaired) electrons. The van der Waals surface area contributed by atoms with Crippen LogP contribution in [-0.4, -0.2) is 26.1 Å². The Morgan fingerprint density at radius 1 is 1.08 bits per heavy atom. The summed E-state index contributed by atoms with van der Waals surface area (Å²) in [5, 5.41) is 1.14. The lowest BCUT2D eigenvalue weighted by molar-refractivity contribution is -0.118. The second-order valence-electron chi connectivity index (χ2n) is 6.30. The third-order valence-corrected chi connectivity index (χ3v) is 5.69. The van der Waals surface area contributed by atoms with Crippen LogP contribution in [0.25, 0.3) is 0 Å². The first-order chi connectivity index (χ1) is 12.4. The van der Waals surface area contributed by atoms with Gasteiger partial charge in [-0.3, -0.25) is 4.79 Å². The Kier molecular flexibility index (Phi) is 5.52. The first-order valence-electron chi connectivity index (χ1n) is 8.47. The van der Waals surface area contributed by atoms with Crippen molar-refractivity contribution in [3.8, 4) is 0 Å². The molecule has 0 N–H and O–H groups in total. The van der Waals surface area contributed by atoms with E-state index in [4.69, 9.17) is 0 Å². The lowest BCUT2D eigenvalue weighted by Crippen LogP contribution is -2.41. The summed E-state index contributed by atoms with van der Waals surface area (Å²) >= 11 is 0. The smallest absolute Gasteiger partial charge is 0.227 e. The minimum Gasteiger partial charge on any atom is -0.304 e. The van der Waals surface area contributed by atoms with Crippen molar-refractivity contribution in [2.45, 2.75) is 25.3 Å². The molecular formula is C20H20FNO3S. The zero-order valence-corrected chi connectivity index (χ0v) is 15.0. The monoisotopic (exact) mass is 373 g/mol. The van der Waals surface area contributed by atoms with Crippen LogP contribution in [0.5, 0.6) is 0 Å². The summed E-state index contributed by atoms with van der Waals surface area (Å²) in [5.74, 6) is -0.714. The van der Waals surface area contributed by atoms with Gasteiger partial charge in [0.05, 0.1) is 11.8 Å². The Labute approximate surface area is 152 Å². The first kappa shape index (κ1) is 18.3. The van der Waals surface area contributed by atoms with Crippen LogP contribution in [-0.2, 0) is 21.1 Å². The van der Waals surface area contributed by atoms with Crippen molar-refractivity contribution in [2.75, 3.05) is 10.7 Å². The number of sulfone groups is 1. The van der Waals surface area contributed by atoms with Crippen molar-refractivity contribution in [3.63, 3.8) is 0 Å². The minimum absolute atomic E-state index is 0.144. The molecule has 1 atom stereocenters. The molecule has 0 unspecified atom stereocenters. The molecule has 1 aliphatic rings.